The molecule has 3 aromatic rings. The summed E-state index contributed by atoms with van der Waals surface area (Å²) in [7, 11) is 1.88. The number of hydrogen-bond donors (Lipinski definition) is 1. The number of fused-ring (bicyclic) bond motifs is 1. The van der Waals surface area contributed by atoms with E-state index >= 15 is 0 Å². The minimum atomic E-state index is -0.140. The van der Waals surface area contributed by atoms with Gasteiger partial charge in [0, 0.05) is 50.5 Å². The molecule has 5 rings (SSSR count). The number of nitrogens with zero attached hydrogens (tertiary/aromatic N) is 5. The lowest BCUT2D eigenvalue weighted by atomic mass is 10.0. The van der Waals surface area contributed by atoms with E-state index in [-0.39, 0.29) is 24.0 Å². The van der Waals surface area contributed by atoms with Crippen molar-refractivity contribution < 1.29 is 14.3 Å². The van der Waals surface area contributed by atoms with Gasteiger partial charge in [0.15, 0.2) is 0 Å². The van der Waals surface area contributed by atoms with Crippen molar-refractivity contribution in [1.82, 2.24) is 29.9 Å². The van der Waals surface area contributed by atoms with Gasteiger partial charge in [-0.25, -0.2) is 4.98 Å². The number of amides is 1. The Morgan fingerprint density at radius 3 is 3.03 bits per heavy atom. The van der Waals surface area contributed by atoms with E-state index in [1.54, 1.807) is 4.68 Å². The van der Waals surface area contributed by atoms with Gasteiger partial charge in [-0.1, -0.05) is 0 Å². The summed E-state index contributed by atoms with van der Waals surface area (Å²) in [6.45, 7) is 4.08. The molecule has 2 aliphatic rings. The minimum Gasteiger partial charge on any atom is -0.474 e. The summed E-state index contributed by atoms with van der Waals surface area (Å²) < 4.78 is 15.4. The average molecular weight is 396 g/mol. The van der Waals surface area contributed by atoms with Crippen LogP contribution in [0.1, 0.15) is 25.8 Å². The van der Waals surface area contributed by atoms with E-state index in [1.165, 1.54) is 0 Å². The predicted octanol–water partition coefficient (Wildman–Crippen LogP) is 1.70. The Balaban J connectivity index is 1.47. The van der Waals surface area contributed by atoms with Crippen LogP contribution in [-0.4, -0.2) is 56.3 Å². The number of carbonyl (C=O) groups excluding carboxylic acids is 1. The van der Waals surface area contributed by atoms with Gasteiger partial charge in [-0.05, 0) is 19.4 Å². The standard InChI is InChI=1S/C20H24N6O3/c1-12(13-5-19(27)21-7-13)29-20-16-10-25(2)24-18(16)6-17(23-20)14-8-22-26(9-14)15-3-4-28-11-15/h6,8-10,12-13,15H,3-5,7,11H2,1-2H3,(H,21,27). The number of rotatable bonds is 5. The normalized spacial score (nSPS) is 22.9. The predicted molar refractivity (Wildman–Crippen MR) is 105 cm³/mol. The van der Waals surface area contributed by atoms with Crippen LogP contribution < -0.4 is 10.1 Å². The number of pyridine rings is 1. The molecule has 3 unspecified atom stereocenters. The van der Waals surface area contributed by atoms with E-state index < -0.39 is 0 Å². The molecular weight excluding hydrogens is 372 g/mol. The molecule has 5 heterocycles. The minimum absolute atomic E-state index is 0.0713. The Morgan fingerprint density at radius 2 is 2.28 bits per heavy atom. The second-order valence-corrected chi connectivity index (χ2v) is 7.87. The number of carbonyl (C=O) groups is 1. The highest BCUT2D eigenvalue weighted by Gasteiger charge is 2.29. The largest absolute Gasteiger partial charge is 0.474 e. The molecule has 1 amide bonds. The third-order valence-electron chi connectivity index (χ3n) is 5.73. The van der Waals surface area contributed by atoms with Gasteiger partial charge < -0.3 is 14.8 Å². The Hall–Kier alpha value is -2.94. The summed E-state index contributed by atoms with van der Waals surface area (Å²) in [6, 6.07) is 2.23. The molecule has 0 radical (unpaired) electrons. The van der Waals surface area contributed by atoms with Crippen molar-refractivity contribution in [2.75, 3.05) is 19.8 Å². The Kier molecular flexibility index (Phi) is 4.46. The number of ether oxygens (including phenoxy) is 2. The lowest BCUT2D eigenvalue weighted by Gasteiger charge is -2.19. The smallest absolute Gasteiger partial charge is 0.225 e. The van der Waals surface area contributed by atoms with Crippen molar-refractivity contribution in [1.29, 1.82) is 0 Å². The zero-order valence-electron chi connectivity index (χ0n) is 16.5. The van der Waals surface area contributed by atoms with E-state index in [4.69, 9.17) is 14.5 Å². The molecule has 0 aliphatic carbocycles. The van der Waals surface area contributed by atoms with Gasteiger partial charge in [-0.3, -0.25) is 14.2 Å². The molecule has 2 saturated heterocycles. The van der Waals surface area contributed by atoms with Gasteiger partial charge >= 0.3 is 0 Å². The first-order chi connectivity index (χ1) is 14.1. The molecule has 1 N–H and O–H groups in total. The maximum Gasteiger partial charge on any atom is 0.225 e. The van der Waals surface area contributed by atoms with Crippen LogP contribution in [0.5, 0.6) is 5.88 Å². The van der Waals surface area contributed by atoms with Crippen LogP contribution in [0.2, 0.25) is 0 Å². The van der Waals surface area contributed by atoms with E-state index in [9.17, 15) is 4.79 Å². The van der Waals surface area contributed by atoms with Crippen molar-refractivity contribution >= 4 is 16.8 Å². The third kappa shape index (κ3) is 3.46. The number of aromatic nitrogens is 5. The van der Waals surface area contributed by atoms with Crippen LogP contribution in [-0.2, 0) is 16.6 Å². The fraction of sp³-hybridized carbons (Fsp3) is 0.500. The first kappa shape index (κ1) is 18.1. The van der Waals surface area contributed by atoms with Crippen LogP contribution in [0.3, 0.4) is 0 Å². The highest BCUT2D eigenvalue weighted by Crippen LogP contribution is 2.31. The van der Waals surface area contributed by atoms with Gasteiger partial charge in [-0.15, -0.1) is 0 Å². The molecule has 3 aromatic heterocycles. The molecule has 9 heteroatoms. The van der Waals surface area contributed by atoms with Crippen LogP contribution in [0, 0.1) is 5.92 Å². The van der Waals surface area contributed by atoms with Crippen molar-refractivity contribution in [2.24, 2.45) is 13.0 Å². The van der Waals surface area contributed by atoms with Crippen LogP contribution >= 0.6 is 0 Å². The molecule has 0 spiro atoms. The molecule has 0 bridgehead atoms. The van der Waals surface area contributed by atoms with Crippen molar-refractivity contribution in [3.8, 4) is 17.1 Å². The average Bonchev–Trinajstić information content (AvgIpc) is 3.47. The molecule has 9 nitrogen and oxygen atoms in total. The SMILES string of the molecule is CC(Oc1nc(-c2cnn(C3CCOC3)c2)cc2nn(C)cc12)C1CNC(=O)C1. The zero-order chi connectivity index (χ0) is 20.0. The van der Waals surface area contributed by atoms with Crippen LogP contribution in [0.4, 0.5) is 0 Å². The first-order valence-electron chi connectivity index (χ1n) is 9.97. The Morgan fingerprint density at radius 1 is 1.38 bits per heavy atom. The van der Waals surface area contributed by atoms with Crippen molar-refractivity contribution in [2.45, 2.75) is 31.9 Å². The van der Waals surface area contributed by atoms with Gasteiger partial charge in [0.05, 0.1) is 35.4 Å². The second kappa shape index (κ2) is 7.14. The summed E-state index contributed by atoms with van der Waals surface area (Å²) in [4.78, 5) is 16.4. The van der Waals surface area contributed by atoms with Gasteiger partial charge in [-0.2, -0.15) is 10.2 Å². The van der Waals surface area contributed by atoms with Gasteiger partial charge in [0.2, 0.25) is 11.8 Å². The first-order valence-corrected chi connectivity index (χ1v) is 9.97. The summed E-state index contributed by atoms with van der Waals surface area (Å²) in [5, 5.41) is 12.8. The Bertz CT molecular complexity index is 1050. The molecular formula is C20H24N6O3. The van der Waals surface area contributed by atoms with Gasteiger partial charge in [0.1, 0.15) is 6.10 Å². The number of hydrogen-bond acceptors (Lipinski definition) is 6. The molecule has 2 aliphatic heterocycles. The van der Waals surface area contributed by atoms with E-state index in [2.05, 4.69) is 15.5 Å². The summed E-state index contributed by atoms with van der Waals surface area (Å²) >= 11 is 0. The highest BCUT2D eigenvalue weighted by molar-refractivity contribution is 5.86. The van der Waals surface area contributed by atoms with E-state index in [1.807, 2.05) is 43.3 Å². The lowest BCUT2D eigenvalue weighted by Crippen LogP contribution is -2.26. The topological polar surface area (TPSA) is 96.1 Å². The number of nitrogens with one attached hydrogen (secondary N) is 1. The van der Waals surface area contributed by atoms with Gasteiger partial charge in [0.25, 0.3) is 0 Å². The summed E-state index contributed by atoms with van der Waals surface area (Å²) in [5.41, 5.74) is 2.50. The monoisotopic (exact) mass is 396 g/mol. The fourth-order valence-corrected chi connectivity index (χ4v) is 3.98. The lowest BCUT2D eigenvalue weighted by molar-refractivity contribution is -0.119. The maximum atomic E-state index is 11.6. The molecule has 0 saturated carbocycles. The number of aryl methyl sites for hydroxylation is 1. The second-order valence-electron chi connectivity index (χ2n) is 7.87. The zero-order valence-corrected chi connectivity index (χ0v) is 16.5. The molecule has 0 aromatic carbocycles. The quantitative estimate of drug-likeness (QED) is 0.705. The fourth-order valence-electron chi connectivity index (χ4n) is 3.98. The van der Waals surface area contributed by atoms with Crippen LogP contribution in [0.25, 0.3) is 22.2 Å². The van der Waals surface area contributed by atoms with Crippen molar-refractivity contribution in [3.05, 3.63) is 24.7 Å². The van der Waals surface area contributed by atoms with Crippen molar-refractivity contribution in [3.63, 3.8) is 0 Å². The Labute approximate surface area is 168 Å². The van der Waals surface area contributed by atoms with E-state index in [0.717, 1.165) is 35.2 Å². The highest BCUT2D eigenvalue weighted by atomic mass is 16.5. The summed E-state index contributed by atoms with van der Waals surface area (Å²) in [6.07, 6.45) is 7.04. The van der Waals surface area contributed by atoms with E-state index in [0.29, 0.717) is 25.5 Å². The third-order valence-corrected chi connectivity index (χ3v) is 5.73. The molecule has 29 heavy (non-hydrogen) atoms. The van der Waals surface area contributed by atoms with Crippen LogP contribution in [0.15, 0.2) is 24.7 Å². The molecule has 152 valence electrons. The summed E-state index contributed by atoms with van der Waals surface area (Å²) in [5.74, 6) is 0.737. The molecule has 3 atom stereocenters. The maximum absolute atomic E-state index is 11.6. The molecule has 2 fully saturated rings.